The Morgan fingerprint density at radius 2 is 1.48 bits per heavy atom. The molecule has 1 amide bonds. The number of hydrogen-bond acceptors (Lipinski definition) is 3. The summed E-state index contributed by atoms with van der Waals surface area (Å²) in [6, 6.07) is 16.1. The minimum atomic E-state index is -0.0485. The number of amides is 1. The number of rotatable bonds is 7. The molecule has 2 aromatic carbocycles. The molecule has 3 rings (SSSR count). The average Bonchev–Trinajstić information content (AvgIpc) is 2.97. The molecule has 0 unspecified atom stereocenters. The highest BCUT2D eigenvalue weighted by atomic mass is 16.5. The number of benzene rings is 2. The summed E-state index contributed by atoms with van der Waals surface area (Å²) >= 11 is 0. The topological polar surface area (TPSA) is 41.6 Å². The Balaban J connectivity index is 1.48. The maximum absolute atomic E-state index is 12.3. The highest BCUT2D eigenvalue weighted by Gasteiger charge is 2.10. The molecule has 144 valence electrons. The molecule has 1 saturated heterocycles. The molecule has 0 aliphatic carbocycles. The number of likely N-dealkylation sites (tertiary alicyclic amines) is 1. The first-order valence-corrected chi connectivity index (χ1v) is 9.91. The van der Waals surface area contributed by atoms with Gasteiger partial charge in [-0.3, -0.25) is 9.69 Å². The van der Waals surface area contributed by atoms with Gasteiger partial charge >= 0.3 is 0 Å². The number of carbonyl (C=O) groups is 1. The lowest BCUT2D eigenvalue weighted by Gasteiger charge is -2.19. The van der Waals surface area contributed by atoms with Crippen molar-refractivity contribution in [2.24, 2.45) is 0 Å². The fourth-order valence-corrected chi connectivity index (χ4v) is 3.52. The van der Waals surface area contributed by atoms with E-state index in [1.54, 1.807) is 7.11 Å². The lowest BCUT2D eigenvalue weighted by Crippen LogP contribution is -2.24. The molecular weight excluding hydrogens is 336 g/mol. The smallest absolute Gasteiger partial charge is 0.251 e. The van der Waals surface area contributed by atoms with E-state index in [1.165, 1.54) is 44.3 Å². The zero-order valence-electron chi connectivity index (χ0n) is 16.2. The third kappa shape index (κ3) is 6.19. The van der Waals surface area contributed by atoms with E-state index in [0.29, 0.717) is 18.7 Å². The summed E-state index contributed by atoms with van der Waals surface area (Å²) in [5.41, 5.74) is 4.21. The average molecular weight is 367 g/mol. The lowest BCUT2D eigenvalue weighted by atomic mass is 10.1. The van der Waals surface area contributed by atoms with Gasteiger partial charge in [-0.2, -0.15) is 0 Å². The van der Waals surface area contributed by atoms with E-state index in [2.05, 4.69) is 34.5 Å². The molecule has 0 saturated carbocycles. The molecule has 27 heavy (non-hydrogen) atoms. The van der Waals surface area contributed by atoms with Gasteiger partial charge in [0.15, 0.2) is 0 Å². The lowest BCUT2D eigenvalue weighted by molar-refractivity contribution is 0.0951. The fraction of sp³-hybridized carbons (Fsp3) is 0.435. The Morgan fingerprint density at radius 1 is 0.889 bits per heavy atom. The van der Waals surface area contributed by atoms with E-state index in [-0.39, 0.29) is 5.91 Å². The molecule has 0 spiro atoms. The van der Waals surface area contributed by atoms with Gasteiger partial charge in [-0.15, -0.1) is 0 Å². The van der Waals surface area contributed by atoms with E-state index in [4.69, 9.17) is 4.74 Å². The maximum Gasteiger partial charge on any atom is 0.251 e. The van der Waals surface area contributed by atoms with Gasteiger partial charge in [0.05, 0.1) is 6.61 Å². The Kier molecular flexibility index (Phi) is 7.43. The van der Waals surface area contributed by atoms with Crippen molar-refractivity contribution in [3.8, 4) is 0 Å². The van der Waals surface area contributed by atoms with Crippen LogP contribution in [-0.2, 0) is 24.4 Å². The monoisotopic (exact) mass is 366 g/mol. The quantitative estimate of drug-likeness (QED) is 0.801. The van der Waals surface area contributed by atoms with Gasteiger partial charge in [-0.25, -0.2) is 0 Å². The van der Waals surface area contributed by atoms with Gasteiger partial charge in [-0.05, 0) is 54.8 Å². The van der Waals surface area contributed by atoms with Crippen LogP contribution in [0.4, 0.5) is 0 Å². The molecule has 0 radical (unpaired) electrons. The first kappa shape index (κ1) is 19.6. The van der Waals surface area contributed by atoms with Gasteiger partial charge in [0, 0.05) is 25.8 Å². The third-order valence-electron chi connectivity index (χ3n) is 5.11. The summed E-state index contributed by atoms with van der Waals surface area (Å²) in [4.78, 5) is 14.9. The summed E-state index contributed by atoms with van der Waals surface area (Å²) in [5, 5.41) is 3.00. The second kappa shape index (κ2) is 10.2. The van der Waals surface area contributed by atoms with Crippen LogP contribution >= 0.6 is 0 Å². The fourth-order valence-electron chi connectivity index (χ4n) is 3.52. The van der Waals surface area contributed by atoms with Gasteiger partial charge < -0.3 is 10.1 Å². The van der Waals surface area contributed by atoms with Crippen molar-refractivity contribution >= 4 is 5.91 Å². The molecule has 1 aliphatic heterocycles. The van der Waals surface area contributed by atoms with E-state index in [0.717, 1.165) is 17.7 Å². The Morgan fingerprint density at radius 3 is 2.11 bits per heavy atom. The van der Waals surface area contributed by atoms with Crippen LogP contribution in [0.15, 0.2) is 48.5 Å². The SMILES string of the molecule is COCc1ccc(C(=O)NCc2ccc(CN3CCCCCC3)cc2)cc1. The highest BCUT2D eigenvalue weighted by Crippen LogP contribution is 2.14. The summed E-state index contributed by atoms with van der Waals surface area (Å²) in [7, 11) is 1.67. The largest absolute Gasteiger partial charge is 0.380 e. The molecule has 4 nitrogen and oxygen atoms in total. The predicted octanol–water partition coefficient (Wildman–Crippen LogP) is 4.14. The second-order valence-corrected chi connectivity index (χ2v) is 7.32. The standard InChI is InChI=1S/C23H30N2O2/c1-27-18-21-10-12-22(13-11-21)23(26)24-16-19-6-8-20(9-7-19)17-25-14-4-2-3-5-15-25/h6-13H,2-5,14-18H2,1H3,(H,24,26). The maximum atomic E-state index is 12.3. The number of hydrogen-bond donors (Lipinski definition) is 1. The summed E-state index contributed by atoms with van der Waals surface area (Å²) in [6.45, 7) is 4.55. The minimum absolute atomic E-state index is 0.0485. The van der Waals surface area contributed by atoms with E-state index >= 15 is 0 Å². The van der Waals surface area contributed by atoms with E-state index in [1.807, 2.05) is 24.3 Å². The van der Waals surface area contributed by atoms with Crippen molar-refractivity contribution in [1.29, 1.82) is 0 Å². The van der Waals surface area contributed by atoms with Crippen molar-refractivity contribution in [3.63, 3.8) is 0 Å². The van der Waals surface area contributed by atoms with Crippen LogP contribution in [0, 0.1) is 0 Å². The van der Waals surface area contributed by atoms with Crippen LogP contribution in [0.3, 0.4) is 0 Å². The van der Waals surface area contributed by atoms with E-state index < -0.39 is 0 Å². The van der Waals surface area contributed by atoms with Crippen LogP contribution in [0.2, 0.25) is 0 Å². The van der Waals surface area contributed by atoms with Crippen molar-refractivity contribution in [1.82, 2.24) is 10.2 Å². The Labute approximate surface area is 162 Å². The zero-order chi connectivity index (χ0) is 18.9. The molecule has 1 N–H and O–H groups in total. The van der Waals surface area contributed by atoms with Gasteiger partial charge in [0.25, 0.3) is 5.91 Å². The molecular formula is C23H30N2O2. The molecule has 0 aromatic heterocycles. The van der Waals surface area contributed by atoms with Gasteiger partial charge in [0.2, 0.25) is 0 Å². The Hall–Kier alpha value is -2.17. The molecule has 4 heteroatoms. The number of carbonyl (C=O) groups excluding carboxylic acids is 1. The van der Waals surface area contributed by atoms with Crippen molar-refractivity contribution in [2.45, 2.75) is 45.4 Å². The Bertz CT molecular complexity index is 702. The van der Waals surface area contributed by atoms with Crippen LogP contribution in [0.5, 0.6) is 0 Å². The van der Waals surface area contributed by atoms with Gasteiger partial charge in [-0.1, -0.05) is 49.2 Å². The number of nitrogens with zero attached hydrogens (tertiary/aromatic N) is 1. The zero-order valence-corrected chi connectivity index (χ0v) is 16.2. The second-order valence-electron chi connectivity index (χ2n) is 7.32. The van der Waals surface area contributed by atoms with Crippen LogP contribution in [0.1, 0.15) is 52.7 Å². The van der Waals surface area contributed by atoms with Crippen LogP contribution in [-0.4, -0.2) is 31.0 Å². The number of ether oxygens (including phenoxy) is 1. The molecule has 2 aromatic rings. The summed E-state index contributed by atoms with van der Waals surface area (Å²) in [5.74, 6) is -0.0485. The van der Waals surface area contributed by atoms with Crippen molar-refractivity contribution in [2.75, 3.05) is 20.2 Å². The normalized spacial score (nSPS) is 15.3. The van der Waals surface area contributed by atoms with Crippen LogP contribution < -0.4 is 5.32 Å². The highest BCUT2D eigenvalue weighted by molar-refractivity contribution is 5.94. The number of nitrogens with one attached hydrogen (secondary N) is 1. The third-order valence-corrected chi connectivity index (χ3v) is 5.11. The van der Waals surface area contributed by atoms with Crippen molar-refractivity contribution in [3.05, 3.63) is 70.8 Å². The summed E-state index contributed by atoms with van der Waals surface area (Å²) in [6.07, 6.45) is 5.36. The molecule has 0 atom stereocenters. The minimum Gasteiger partial charge on any atom is -0.380 e. The van der Waals surface area contributed by atoms with E-state index in [9.17, 15) is 4.79 Å². The van der Waals surface area contributed by atoms with Gasteiger partial charge in [0.1, 0.15) is 0 Å². The first-order chi connectivity index (χ1) is 13.2. The molecule has 0 bridgehead atoms. The molecule has 1 heterocycles. The molecule has 1 fully saturated rings. The van der Waals surface area contributed by atoms with Crippen molar-refractivity contribution < 1.29 is 9.53 Å². The summed E-state index contributed by atoms with van der Waals surface area (Å²) < 4.78 is 5.09. The predicted molar refractivity (Wildman–Crippen MR) is 109 cm³/mol. The van der Waals surface area contributed by atoms with Crippen LogP contribution in [0.25, 0.3) is 0 Å². The molecule has 1 aliphatic rings. The first-order valence-electron chi connectivity index (χ1n) is 9.91. The number of methoxy groups -OCH3 is 1.